The van der Waals surface area contributed by atoms with Crippen LogP contribution in [-0.2, 0) is 4.74 Å². The van der Waals surface area contributed by atoms with Gasteiger partial charge in [0.25, 0.3) is 0 Å². The minimum absolute atomic E-state index is 0.223. The largest absolute Gasteiger partial charge is 0.381 e. The van der Waals surface area contributed by atoms with E-state index >= 15 is 0 Å². The summed E-state index contributed by atoms with van der Waals surface area (Å²) in [5, 5.41) is 3.71. The van der Waals surface area contributed by atoms with E-state index in [0.29, 0.717) is 5.41 Å². The van der Waals surface area contributed by atoms with E-state index in [2.05, 4.69) is 26.1 Å². The molecule has 2 heteroatoms. The number of nitrogens with one attached hydrogen (secondary N) is 1. The molecule has 0 aliphatic heterocycles. The minimum atomic E-state index is 0.223. The Labute approximate surface area is 113 Å². The second kappa shape index (κ2) is 5.92. The predicted molar refractivity (Wildman–Crippen MR) is 76.8 cm³/mol. The van der Waals surface area contributed by atoms with E-state index in [1.165, 1.54) is 44.9 Å². The Balaban J connectivity index is 1.80. The van der Waals surface area contributed by atoms with Gasteiger partial charge in [0.05, 0.1) is 6.61 Å². The molecule has 0 saturated heterocycles. The molecule has 18 heavy (non-hydrogen) atoms. The molecule has 0 radical (unpaired) electrons. The van der Waals surface area contributed by atoms with Gasteiger partial charge in [0.1, 0.15) is 0 Å². The van der Waals surface area contributed by atoms with Gasteiger partial charge < -0.3 is 10.1 Å². The van der Waals surface area contributed by atoms with Crippen molar-refractivity contribution in [2.24, 2.45) is 11.3 Å². The summed E-state index contributed by atoms with van der Waals surface area (Å²) >= 11 is 0. The molecule has 0 atom stereocenters. The molecule has 106 valence electrons. The highest BCUT2D eigenvalue weighted by molar-refractivity contribution is 4.87. The lowest BCUT2D eigenvalue weighted by molar-refractivity contribution is 0.0123. The van der Waals surface area contributed by atoms with E-state index in [4.69, 9.17) is 4.74 Å². The van der Waals surface area contributed by atoms with Crippen LogP contribution in [0, 0.1) is 11.3 Å². The zero-order valence-electron chi connectivity index (χ0n) is 12.6. The Bertz CT molecular complexity index is 246. The standard InChI is InChI=1S/C16H31NO/c1-15(2,3)17-12-16(9-5-4-6-10-16)13-18-11-14-7-8-14/h14,17H,4-13H2,1-3H3. The van der Waals surface area contributed by atoms with E-state index in [9.17, 15) is 0 Å². The zero-order valence-corrected chi connectivity index (χ0v) is 12.6. The second-order valence-corrected chi connectivity index (χ2v) is 7.62. The molecule has 2 aliphatic carbocycles. The summed E-state index contributed by atoms with van der Waals surface area (Å²) in [6.45, 7) is 9.89. The number of hydrogen-bond donors (Lipinski definition) is 1. The molecule has 0 bridgehead atoms. The molecular formula is C16H31NO. The highest BCUT2D eigenvalue weighted by atomic mass is 16.5. The van der Waals surface area contributed by atoms with Gasteiger partial charge in [-0.15, -0.1) is 0 Å². The molecule has 1 N–H and O–H groups in total. The maximum atomic E-state index is 6.03. The molecule has 2 rings (SSSR count). The molecule has 0 aromatic heterocycles. The van der Waals surface area contributed by atoms with Gasteiger partial charge in [0.15, 0.2) is 0 Å². The van der Waals surface area contributed by atoms with Crippen LogP contribution in [-0.4, -0.2) is 25.3 Å². The van der Waals surface area contributed by atoms with Gasteiger partial charge in [-0.3, -0.25) is 0 Å². The summed E-state index contributed by atoms with van der Waals surface area (Å²) in [7, 11) is 0. The van der Waals surface area contributed by atoms with Gasteiger partial charge in [-0.1, -0.05) is 19.3 Å². The Morgan fingerprint density at radius 1 is 1.11 bits per heavy atom. The van der Waals surface area contributed by atoms with Crippen molar-refractivity contribution in [1.82, 2.24) is 5.32 Å². The molecule has 2 fully saturated rings. The normalized spacial score (nSPS) is 24.2. The fourth-order valence-corrected chi connectivity index (χ4v) is 2.85. The first-order chi connectivity index (χ1) is 8.49. The average molecular weight is 253 g/mol. The van der Waals surface area contributed by atoms with Crippen molar-refractivity contribution in [2.75, 3.05) is 19.8 Å². The van der Waals surface area contributed by atoms with Crippen molar-refractivity contribution in [3.63, 3.8) is 0 Å². The first-order valence-electron chi connectivity index (χ1n) is 7.82. The quantitative estimate of drug-likeness (QED) is 0.778. The van der Waals surface area contributed by atoms with Gasteiger partial charge in [0, 0.05) is 24.1 Å². The van der Waals surface area contributed by atoms with Crippen molar-refractivity contribution in [1.29, 1.82) is 0 Å². The van der Waals surface area contributed by atoms with Crippen LogP contribution in [0.1, 0.15) is 65.7 Å². The lowest BCUT2D eigenvalue weighted by atomic mass is 9.74. The van der Waals surface area contributed by atoms with Gasteiger partial charge in [-0.25, -0.2) is 0 Å². The Morgan fingerprint density at radius 2 is 1.78 bits per heavy atom. The summed E-state index contributed by atoms with van der Waals surface area (Å²) < 4.78 is 6.03. The molecular weight excluding hydrogens is 222 g/mol. The smallest absolute Gasteiger partial charge is 0.0534 e. The second-order valence-electron chi connectivity index (χ2n) is 7.62. The molecule has 0 spiro atoms. The fraction of sp³-hybridized carbons (Fsp3) is 1.00. The zero-order chi connectivity index (χ0) is 13.1. The van der Waals surface area contributed by atoms with Gasteiger partial charge in [-0.05, 0) is 52.4 Å². The third kappa shape index (κ3) is 4.89. The van der Waals surface area contributed by atoms with Gasteiger partial charge in [0.2, 0.25) is 0 Å². The van der Waals surface area contributed by atoms with Crippen LogP contribution >= 0.6 is 0 Å². The van der Waals surface area contributed by atoms with Crippen molar-refractivity contribution in [3.05, 3.63) is 0 Å². The first-order valence-corrected chi connectivity index (χ1v) is 7.82. The average Bonchev–Trinajstić information content (AvgIpc) is 3.11. The van der Waals surface area contributed by atoms with Crippen LogP contribution in [0.3, 0.4) is 0 Å². The number of rotatable bonds is 6. The maximum absolute atomic E-state index is 6.03. The lowest BCUT2D eigenvalue weighted by Crippen LogP contribution is -2.46. The maximum Gasteiger partial charge on any atom is 0.0534 e. The van der Waals surface area contributed by atoms with Gasteiger partial charge in [-0.2, -0.15) is 0 Å². The van der Waals surface area contributed by atoms with Crippen molar-refractivity contribution in [2.45, 2.75) is 71.3 Å². The molecule has 2 nitrogen and oxygen atoms in total. The third-order valence-electron chi connectivity index (χ3n) is 4.37. The minimum Gasteiger partial charge on any atom is -0.381 e. The summed E-state index contributed by atoms with van der Waals surface area (Å²) in [6, 6.07) is 0. The monoisotopic (exact) mass is 253 g/mol. The SMILES string of the molecule is CC(C)(C)NCC1(COCC2CC2)CCCCC1. The Kier molecular flexibility index (Phi) is 4.71. The summed E-state index contributed by atoms with van der Waals surface area (Å²) in [6.07, 6.45) is 9.68. The molecule has 2 aliphatic rings. The van der Waals surface area contributed by atoms with Crippen LogP contribution in [0.15, 0.2) is 0 Å². The van der Waals surface area contributed by atoms with Crippen molar-refractivity contribution < 1.29 is 4.74 Å². The summed E-state index contributed by atoms with van der Waals surface area (Å²) in [4.78, 5) is 0. The van der Waals surface area contributed by atoms with Crippen molar-refractivity contribution >= 4 is 0 Å². The fourth-order valence-electron chi connectivity index (χ4n) is 2.85. The van der Waals surface area contributed by atoms with Crippen LogP contribution in [0.4, 0.5) is 0 Å². The Hall–Kier alpha value is -0.0800. The topological polar surface area (TPSA) is 21.3 Å². The van der Waals surface area contributed by atoms with E-state index in [-0.39, 0.29) is 5.54 Å². The molecule has 0 aromatic carbocycles. The molecule has 0 amide bonds. The highest BCUT2D eigenvalue weighted by Crippen LogP contribution is 2.37. The molecule has 0 aromatic rings. The van der Waals surface area contributed by atoms with Crippen LogP contribution in [0.5, 0.6) is 0 Å². The van der Waals surface area contributed by atoms with E-state index < -0.39 is 0 Å². The van der Waals surface area contributed by atoms with E-state index in [0.717, 1.165) is 25.7 Å². The molecule has 0 unspecified atom stereocenters. The lowest BCUT2D eigenvalue weighted by Gasteiger charge is -2.39. The van der Waals surface area contributed by atoms with Crippen LogP contribution < -0.4 is 5.32 Å². The van der Waals surface area contributed by atoms with Gasteiger partial charge >= 0.3 is 0 Å². The highest BCUT2D eigenvalue weighted by Gasteiger charge is 2.34. The van der Waals surface area contributed by atoms with E-state index in [1.807, 2.05) is 0 Å². The molecule has 0 heterocycles. The third-order valence-corrected chi connectivity index (χ3v) is 4.37. The van der Waals surface area contributed by atoms with Crippen molar-refractivity contribution in [3.8, 4) is 0 Å². The van der Waals surface area contributed by atoms with Crippen LogP contribution in [0.2, 0.25) is 0 Å². The Morgan fingerprint density at radius 3 is 2.33 bits per heavy atom. The summed E-state index contributed by atoms with van der Waals surface area (Å²) in [5.74, 6) is 0.890. The van der Waals surface area contributed by atoms with Crippen LogP contribution in [0.25, 0.3) is 0 Å². The summed E-state index contributed by atoms with van der Waals surface area (Å²) in [5.41, 5.74) is 0.640. The molecule has 2 saturated carbocycles. The predicted octanol–water partition coefficient (Wildman–Crippen LogP) is 3.75. The first kappa shape index (κ1) is 14.3. The number of hydrogen-bond acceptors (Lipinski definition) is 2. The van der Waals surface area contributed by atoms with E-state index in [1.54, 1.807) is 0 Å². The number of ether oxygens (including phenoxy) is 1.